The predicted octanol–water partition coefficient (Wildman–Crippen LogP) is 0.208. The number of carbonyl (C=O) groups is 3. The van der Waals surface area contributed by atoms with Gasteiger partial charge in [0.25, 0.3) is 0 Å². The van der Waals surface area contributed by atoms with Crippen molar-refractivity contribution in [2.75, 3.05) is 45.2 Å². The lowest BCUT2D eigenvalue weighted by Gasteiger charge is -2.19. The van der Waals surface area contributed by atoms with Crippen LogP contribution in [0.4, 0.5) is 5.69 Å². The third kappa shape index (κ3) is 8.16. The van der Waals surface area contributed by atoms with Gasteiger partial charge in [-0.25, -0.2) is 0 Å². The van der Waals surface area contributed by atoms with Crippen LogP contribution in [0.15, 0.2) is 24.3 Å². The van der Waals surface area contributed by atoms with Gasteiger partial charge in [-0.2, -0.15) is 0 Å². The lowest BCUT2D eigenvalue weighted by molar-refractivity contribution is -0.127. The van der Waals surface area contributed by atoms with Gasteiger partial charge >= 0.3 is 0 Å². The second-order valence-electron chi connectivity index (χ2n) is 5.31. The number of nitrogens with zero attached hydrogens (tertiary/aromatic N) is 1. The van der Waals surface area contributed by atoms with Crippen molar-refractivity contribution in [2.45, 2.75) is 13.8 Å². The summed E-state index contributed by atoms with van der Waals surface area (Å²) >= 11 is 0. The van der Waals surface area contributed by atoms with E-state index >= 15 is 0 Å². The summed E-state index contributed by atoms with van der Waals surface area (Å²) in [6.45, 7) is 4.77. The Morgan fingerprint density at radius 3 is 2.16 bits per heavy atom. The van der Waals surface area contributed by atoms with E-state index in [1.54, 1.807) is 43.2 Å². The van der Waals surface area contributed by atoms with Crippen molar-refractivity contribution in [1.29, 1.82) is 0 Å². The second kappa shape index (κ2) is 11.0. The van der Waals surface area contributed by atoms with Gasteiger partial charge < -0.3 is 20.7 Å². The smallest absolute Gasteiger partial charge is 0.239 e. The summed E-state index contributed by atoms with van der Waals surface area (Å²) in [7, 11) is 1.57. The number of methoxy groups -OCH3 is 1. The average Bonchev–Trinajstić information content (AvgIpc) is 2.60. The normalized spacial score (nSPS) is 10.2. The first-order valence-corrected chi connectivity index (χ1v) is 8.18. The van der Waals surface area contributed by atoms with Gasteiger partial charge in [0.15, 0.2) is 0 Å². The van der Waals surface area contributed by atoms with Gasteiger partial charge in [-0.05, 0) is 37.7 Å². The van der Waals surface area contributed by atoms with E-state index in [-0.39, 0.29) is 37.4 Å². The Labute approximate surface area is 147 Å². The Balaban J connectivity index is 2.41. The number of hydrogen-bond acceptors (Lipinski definition) is 5. The van der Waals surface area contributed by atoms with Crippen LogP contribution in [0.2, 0.25) is 0 Å². The highest BCUT2D eigenvalue weighted by atomic mass is 16.5. The van der Waals surface area contributed by atoms with Crippen molar-refractivity contribution in [2.24, 2.45) is 0 Å². The van der Waals surface area contributed by atoms with Crippen molar-refractivity contribution in [3.8, 4) is 5.75 Å². The summed E-state index contributed by atoms with van der Waals surface area (Å²) in [5.41, 5.74) is 0.655. The summed E-state index contributed by atoms with van der Waals surface area (Å²) in [4.78, 5) is 36.9. The molecule has 0 heterocycles. The van der Waals surface area contributed by atoms with E-state index in [0.29, 0.717) is 24.5 Å². The van der Waals surface area contributed by atoms with Gasteiger partial charge in [0.1, 0.15) is 5.75 Å². The van der Waals surface area contributed by atoms with Crippen LogP contribution in [0.1, 0.15) is 13.8 Å². The van der Waals surface area contributed by atoms with Crippen LogP contribution in [0.3, 0.4) is 0 Å². The minimum atomic E-state index is -0.301. The summed E-state index contributed by atoms with van der Waals surface area (Å²) in [6.07, 6.45) is 0. The van der Waals surface area contributed by atoms with Crippen molar-refractivity contribution in [3.05, 3.63) is 24.3 Å². The lowest BCUT2D eigenvalue weighted by Crippen LogP contribution is -2.44. The van der Waals surface area contributed by atoms with Crippen LogP contribution in [0, 0.1) is 0 Å². The molecule has 8 nitrogen and oxygen atoms in total. The molecule has 0 radical (unpaired) electrons. The lowest BCUT2D eigenvalue weighted by atomic mass is 10.3. The molecule has 1 aromatic rings. The average molecular weight is 350 g/mol. The number of benzene rings is 1. The molecule has 3 N–H and O–H groups in total. The number of ether oxygens (including phenoxy) is 1. The molecule has 0 saturated heterocycles. The molecule has 0 fully saturated rings. The van der Waals surface area contributed by atoms with Gasteiger partial charge in [0.2, 0.25) is 17.7 Å². The zero-order valence-electron chi connectivity index (χ0n) is 14.9. The zero-order chi connectivity index (χ0) is 18.7. The largest absolute Gasteiger partial charge is 0.497 e. The summed E-state index contributed by atoms with van der Waals surface area (Å²) in [5.74, 6) is -0.0537. The van der Waals surface area contributed by atoms with E-state index in [9.17, 15) is 14.4 Å². The summed E-state index contributed by atoms with van der Waals surface area (Å²) in [5, 5.41) is 7.89. The number of likely N-dealkylation sites (N-methyl/N-ethyl adjacent to an activating group) is 2. The van der Waals surface area contributed by atoms with Crippen LogP contribution in [0.25, 0.3) is 0 Å². The second-order valence-corrected chi connectivity index (χ2v) is 5.31. The SMILES string of the molecule is CCNC(=O)CNC(=O)CN(CC)CC(=O)Nc1ccc(OC)cc1. The van der Waals surface area contributed by atoms with E-state index < -0.39 is 0 Å². The minimum absolute atomic E-state index is 0.0476. The van der Waals surface area contributed by atoms with Crippen LogP contribution >= 0.6 is 0 Å². The van der Waals surface area contributed by atoms with Crippen LogP contribution < -0.4 is 20.7 Å². The van der Waals surface area contributed by atoms with E-state index in [1.807, 2.05) is 6.92 Å². The Kier molecular flexibility index (Phi) is 9.02. The Bertz CT molecular complexity index is 575. The van der Waals surface area contributed by atoms with Crippen molar-refractivity contribution in [3.63, 3.8) is 0 Å². The molecule has 0 atom stereocenters. The fourth-order valence-electron chi connectivity index (χ4n) is 2.05. The number of rotatable bonds is 10. The number of nitrogens with one attached hydrogen (secondary N) is 3. The Hall–Kier alpha value is -2.61. The van der Waals surface area contributed by atoms with Gasteiger partial charge in [-0.3, -0.25) is 19.3 Å². The molecular weight excluding hydrogens is 324 g/mol. The molecule has 0 saturated carbocycles. The minimum Gasteiger partial charge on any atom is -0.497 e. The molecule has 138 valence electrons. The molecular formula is C17H26N4O4. The molecule has 0 unspecified atom stereocenters. The van der Waals surface area contributed by atoms with Gasteiger partial charge in [0, 0.05) is 12.2 Å². The quantitative estimate of drug-likeness (QED) is 0.560. The molecule has 25 heavy (non-hydrogen) atoms. The molecule has 1 rings (SSSR count). The third-order valence-corrected chi connectivity index (χ3v) is 3.38. The Morgan fingerprint density at radius 1 is 0.960 bits per heavy atom. The first-order chi connectivity index (χ1) is 12.0. The highest BCUT2D eigenvalue weighted by molar-refractivity contribution is 5.92. The van der Waals surface area contributed by atoms with Gasteiger partial charge in [-0.15, -0.1) is 0 Å². The molecule has 0 aromatic heterocycles. The molecule has 3 amide bonds. The third-order valence-electron chi connectivity index (χ3n) is 3.38. The molecule has 0 aliphatic carbocycles. The van der Waals surface area contributed by atoms with Gasteiger partial charge in [0.05, 0.1) is 26.7 Å². The summed E-state index contributed by atoms with van der Waals surface area (Å²) < 4.78 is 5.06. The van der Waals surface area contributed by atoms with E-state index in [0.717, 1.165) is 0 Å². The van der Waals surface area contributed by atoms with Crippen LogP contribution in [-0.4, -0.2) is 62.5 Å². The van der Waals surface area contributed by atoms with E-state index in [1.165, 1.54) is 0 Å². The van der Waals surface area contributed by atoms with Crippen molar-refractivity contribution in [1.82, 2.24) is 15.5 Å². The number of hydrogen-bond donors (Lipinski definition) is 3. The highest BCUT2D eigenvalue weighted by Crippen LogP contribution is 2.14. The monoisotopic (exact) mass is 350 g/mol. The van der Waals surface area contributed by atoms with Crippen LogP contribution in [0.5, 0.6) is 5.75 Å². The molecule has 8 heteroatoms. The van der Waals surface area contributed by atoms with E-state index in [4.69, 9.17) is 4.74 Å². The molecule has 0 aliphatic heterocycles. The highest BCUT2D eigenvalue weighted by Gasteiger charge is 2.14. The maximum absolute atomic E-state index is 12.1. The van der Waals surface area contributed by atoms with E-state index in [2.05, 4.69) is 16.0 Å². The van der Waals surface area contributed by atoms with Gasteiger partial charge in [-0.1, -0.05) is 6.92 Å². The fourth-order valence-corrected chi connectivity index (χ4v) is 2.05. The van der Waals surface area contributed by atoms with Crippen molar-refractivity contribution < 1.29 is 19.1 Å². The van der Waals surface area contributed by atoms with Crippen molar-refractivity contribution >= 4 is 23.4 Å². The maximum Gasteiger partial charge on any atom is 0.239 e. The first-order valence-electron chi connectivity index (χ1n) is 8.18. The predicted molar refractivity (Wildman–Crippen MR) is 95.4 cm³/mol. The molecule has 0 bridgehead atoms. The number of anilines is 1. The standard InChI is InChI=1S/C17H26N4O4/c1-4-18-15(22)10-19-16(23)11-21(5-2)12-17(24)20-13-6-8-14(25-3)9-7-13/h6-9H,4-5,10-12H2,1-3H3,(H,18,22)(H,19,23)(H,20,24). The molecule has 0 spiro atoms. The Morgan fingerprint density at radius 2 is 1.60 bits per heavy atom. The maximum atomic E-state index is 12.1. The molecule has 1 aromatic carbocycles. The number of carbonyl (C=O) groups excluding carboxylic acids is 3. The summed E-state index contributed by atoms with van der Waals surface area (Å²) in [6, 6.07) is 6.99. The fraction of sp³-hybridized carbons (Fsp3) is 0.471. The zero-order valence-corrected chi connectivity index (χ0v) is 14.9. The number of amides is 3. The molecule has 0 aliphatic rings. The first kappa shape index (κ1) is 20.4. The van der Waals surface area contributed by atoms with Crippen LogP contribution in [-0.2, 0) is 14.4 Å². The topological polar surface area (TPSA) is 99.8 Å².